The van der Waals surface area contributed by atoms with Crippen LogP contribution in [0.2, 0.25) is 0 Å². The molecule has 2 atom stereocenters. The molecule has 0 unspecified atom stereocenters. The van der Waals surface area contributed by atoms with E-state index in [1.807, 2.05) is 25.7 Å². The van der Waals surface area contributed by atoms with Crippen molar-refractivity contribution < 1.29 is 19.6 Å². The van der Waals surface area contributed by atoms with Gasteiger partial charge in [0.15, 0.2) is 0 Å². The lowest BCUT2D eigenvalue weighted by molar-refractivity contribution is -0.385. The van der Waals surface area contributed by atoms with Crippen molar-refractivity contribution in [2.75, 3.05) is 13.1 Å². The fourth-order valence-electron chi connectivity index (χ4n) is 2.93. The molecule has 1 fully saturated rings. The van der Waals surface area contributed by atoms with Crippen molar-refractivity contribution in [2.45, 2.75) is 33.4 Å². The lowest BCUT2D eigenvalue weighted by Crippen LogP contribution is -2.23. The molecule has 1 N–H and O–H groups in total. The van der Waals surface area contributed by atoms with Gasteiger partial charge in [0, 0.05) is 37.3 Å². The van der Waals surface area contributed by atoms with Gasteiger partial charge in [0.2, 0.25) is 0 Å². The fourth-order valence-corrected chi connectivity index (χ4v) is 2.93. The normalized spacial score (nSPS) is 21.6. The van der Waals surface area contributed by atoms with Gasteiger partial charge in [-0.2, -0.15) is 0 Å². The summed E-state index contributed by atoms with van der Waals surface area (Å²) in [6.07, 6.45) is -0.0422. The number of carboxylic acid groups (broad SMARTS) is 1. The van der Waals surface area contributed by atoms with Crippen LogP contribution in [0, 0.1) is 22.0 Å². The lowest BCUT2D eigenvalue weighted by Gasteiger charge is -2.19. The zero-order valence-electron chi connectivity index (χ0n) is 13.6. The zero-order valence-corrected chi connectivity index (χ0v) is 13.6. The topological polar surface area (TPSA) is 92.9 Å². The Hall–Kier alpha value is -2.15. The Kier molecular flexibility index (Phi) is 5.20. The smallest absolute Gasteiger partial charge is 0.308 e. The summed E-state index contributed by atoms with van der Waals surface area (Å²) in [4.78, 5) is 23.8. The Labute approximate surface area is 135 Å². The summed E-state index contributed by atoms with van der Waals surface area (Å²) in [6, 6.07) is 4.55. The molecule has 1 aromatic carbocycles. The molecular weight excluding hydrogens is 300 g/mol. The maximum atomic E-state index is 11.2. The Morgan fingerprint density at radius 2 is 2.17 bits per heavy atom. The Balaban J connectivity index is 2.21. The van der Waals surface area contributed by atoms with Crippen LogP contribution >= 0.6 is 0 Å². The highest BCUT2D eigenvalue weighted by Gasteiger charge is 2.35. The largest absolute Gasteiger partial charge is 0.491 e. The van der Waals surface area contributed by atoms with Crippen LogP contribution in [0.15, 0.2) is 18.2 Å². The quantitative estimate of drug-likeness (QED) is 0.639. The van der Waals surface area contributed by atoms with Crippen LogP contribution < -0.4 is 4.74 Å². The highest BCUT2D eigenvalue weighted by Crippen LogP contribution is 2.30. The summed E-state index contributed by atoms with van der Waals surface area (Å²) in [7, 11) is 0. The first kappa shape index (κ1) is 17.2. The number of hydrogen-bond donors (Lipinski definition) is 1. The highest BCUT2D eigenvalue weighted by molar-refractivity contribution is 5.71. The van der Waals surface area contributed by atoms with E-state index in [1.54, 1.807) is 6.07 Å². The van der Waals surface area contributed by atoms with Crippen LogP contribution in [-0.4, -0.2) is 40.1 Å². The number of aliphatic carboxylic acids is 1. The summed E-state index contributed by atoms with van der Waals surface area (Å²) in [5, 5.41) is 20.2. The lowest BCUT2D eigenvalue weighted by atomic mass is 9.99. The summed E-state index contributed by atoms with van der Waals surface area (Å²) in [5.74, 6) is -0.529. The van der Waals surface area contributed by atoms with E-state index in [0.717, 1.165) is 0 Å². The van der Waals surface area contributed by atoms with Gasteiger partial charge < -0.3 is 9.84 Å². The first-order valence-electron chi connectivity index (χ1n) is 7.67. The number of nitrogens with zero attached hydrogens (tertiary/aromatic N) is 2. The van der Waals surface area contributed by atoms with Gasteiger partial charge in [-0.15, -0.1) is 0 Å². The van der Waals surface area contributed by atoms with Crippen LogP contribution in [0.1, 0.15) is 26.3 Å². The van der Waals surface area contributed by atoms with Gasteiger partial charge in [0.1, 0.15) is 5.75 Å². The molecular formula is C16H22N2O5. The van der Waals surface area contributed by atoms with Crippen molar-refractivity contribution in [1.29, 1.82) is 0 Å². The van der Waals surface area contributed by atoms with Gasteiger partial charge >= 0.3 is 5.97 Å². The number of non-ortho nitro benzene ring substituents is 1. The molecule has 1 heterocycles. The van der Waals surface area contributed by atoms with E-state index in [1.165, 1.54) is 12.1 Å². The van der Waals surface area contributed by atoms with Crippen LogP contribution in [0.3, 0.4) is 0 Å². The number of benzene rings is 1. The molecule has 0 bridgehead atoms. The minimum absolute atomic E-state index is 0.0122. The Morgan fingerprint density at radius 1 is 1.48 bits per heavy atom. The molecule has 1 aliphatic rings. The van der Waals surface area contributed by atoms with Gasteiger partial charge in [-0.3, -0.25) is 19.8 Å². The van der Waals surface area contributed by atoms with Gasteiger partial charge in [-0.05, 0) is 25.8 Å². The molecule has 0 saturated carbocycles. The molecule has 1 saturated heterocycles. The number of rotatable bonds is 6. The number of hydrogen-bond acceptors (Lipinski definition) is 5. The van der Waals surface area contributed by atoms with E-state index in [2.05, 4.69) is 0 Å². The summed E-state index contributed by atoms with van der Waals surface area (Å²) < 4.78 is 5.73. The molecule has 1 aliphatic heterocycles. The number of nitro benzene ring substituents is 1. The van der Waals surface area contributed by atoms with Crippen LogP contribution in [0.25, 0.3) is 0 Å². The number of nitro groups is 1. The molecule has 2 rings (SSSR count). The first-order chi connectivity index (χ1) is 10.8. The predicted molar refractivity (Wildman–Crippen MR) is 84.4 cm³/mol. The van der Waals surface area contributed by atoms with E-state index in [9.17, 15) is 20.0 Å². The fraction of sp³-hybridized carbons (Fsp3) is 0.562. The maximum absolute atomic E-state index is 11.2. The van der Waals surface area contributed by atoms with Crippen molar-refractivity contribution in [3.05, 3.63) is 33.9 Å². The average Bonchev–Trinajstić information content (AvgIpc) is 2.81. The number of ether oxygens (including phenoxy) is 1. The predicted octanol–water partition coefficient (Wildman–Crippen LogP) is 2.53. The van der Waals surface area contributed by atoms with Crippen molar-refractivity contribution in [3.8, 4) is 5.75 Å². The van der Waals surface area contributed by atoms with Crippen LogP contribution in [0.5, 0.6) is 5.75 Å². The van der Waals surface area contributed by atoms with Gasteiger partial charge in [0.25, 0.3) is 5.69 Å². The van der Waals surface area contributed by atoms with Crippen molar-refractivity contribution >= 4 is 11.7 Å². The third-order valence-electron chi connectivity index (χ3n) is 4.02. The molecule has 0 spiro atoms. The molecule has 23 heavy (non-hydrogen) atoms. The highest BCUT2D eigenvalue weighted by atomic mass is 16.6. The first-order valence-corrected chi connectivity index (χ1v) is 7.67. The maximum Gasteiger partial charge on any atom is 0.308 e. The second-order valence-electron chi connectivity index (χ2n) is 6.33. The molecule has 1 aromatic rings. The van der Waals surface area contributed by atoms with E-state index >= 15 is 0 Å². The molecule has 0 radical (unpaired) electrons. The summed E-state index contributed by atoms with van der Waals surface area (Å²) >= 11 is 0. The van der Waals surface area contributed by atoms with Crippen molar-refractivity contribution in [1.82, 2.24) is 4.90 Å². The van der Waals surface area contributed by atoms with E-state index < -0.39 is 16.8 Å². The molecule has 0 aliphatic carbocycles. The number of likely N-dealkylation sites (tertiary alicyclic amines) is 1. The Bertz CT molecular complexity index is 602. The third-order valence-corrected chi connectivity index (χ3v) is 4.02. The average molecular weight is 322 g/mol. The molecule has 0 amide bonds. The van der Waals surface area contributed by atoms with E-state index in [0.29, 0.717) is 30.9 Å². The standard InChI is InChI=1S/C16H22N2O5/c1-10(2)23-15-5-4-13(18(21)22)6-12(15)8-17-7-11(3)14(9-17)16(19)20/h4-6,10-11,14H,7-9H2,1-3H3,(H,19,20)/t11-,14-/m1/s1. The minimum Gasteiger partial charge on any atom is -0.491 e. The molecule has 7 nitrogen and oxygen atoms in total. The Morgan fingerprint density at radius 3 is 2.70 bits per heavy atom. The zero-order chi connectivity index (χ0) is 17.1. The van der Waals surface area contributed by atoms with Crippen LogP contribution in [0.4, 0.5) is 5.69 Å². The monoisotopic (exact) mass is 322 g/mol. The third kappa shape index (κ3) is 4.19. The number of carbonyl (C=O) groups is 1. The minimum atomic E-state index is -0.794. The van der Waals surface area contributed by atoms with Crippen molar-refractivity contribution in [2.24, 2.45) is 11.8 Å². The van der Waals surface area contributed by atoms with Gasteiger partial charge in [-0.1, -0.05) is 6.92 Å². The molecule has 0 aromatic heterocycles. The van der Waals surface area contributed by atoms with Crippen LogP contribution in [-0.2, 0) is 11.3 Å². The second kappa shape index (κ2) is 6.95. The van der Waals surface area contributed by atoms with E-state index in [-0.39, 0.29) is 17.7 Å². The molecule has 126 valence electrons. The SMILES string of the molecule is CC(C)Oc1ccc([N+](=O)[O-])cc1CN1C[C@@H](C)[C@H](C(=O)O)C1. The molecule has 7 heteroatoms. The van der Waals surface area contributed by atoms with Crippen molar-refractivity contribution in [3.63, 3.8) is 0 Å². The van der Waals surface area contributed by atoms with Gasteiger partial charge in [-0.25, -0.2) is 0 Å². The summed E-state index contributed by atoms with van der Waals surface area (Å²) in [6.45, 7) is 7.24. The second-order valence-corrected chi connectivity index (χ2v) is 6.33. The van der Waals surface area contributed by atoms with E-state index in [4.69, 9.17) is 4.74 Å². The van der Waals surface area contributed by atoms with Gasteiger partial charge in [0.05, 0.1) is 16.9 Å². The number of carboxylic acids is 1. The summed E-state index contributed by atoms with van der Waals surface area (Å²) in [5.41, 5.74) is 0.726.